The number of ether oxygens (including phenoxy) is 1. The molecule has 0 saturated heterocycles. The fourth-order valence-corrected chi connectivity index (χ4v) is 5.49. The fourth-order valence-electron chi connectivity index (χ4n) is 4.07. The molecule has 8 nitrogen and oxygen atoms in total. The normalized spacial score (nSPS) is 10.9. The smallest absolute Gasteiger partial charge is 0.264 e. The topological polar surface area (TPSA) is 105 Å². The number of carbonyl (C=O) groups excluding carboxylic acids is 2. The van der Waals surface area contributed by atoms with Crippen LogP contribution in [0.5, 0.6) is 5.75 Å². The van der Waals surface area contributed by atoms with Crippen molar-refractivity contribution >= 4 is 33.2 Å². The quantitative estimate of drug-likeness (QED) is 0.275. The summed E-state index contributed by atoms with van der Waals surface area (Å²) in [4.78, 5) is 26.2. The minimum absolute atomic E-state index is 0.0138. The SMILES string of the molecule is COc1ccc(S(=O)(=O)N(CC(=O)Nc2ccccc2C(=O)NCCc2ccccc2)c2ccc(C)cc2)cc1. The summed E-state index contributed by atoms with van der Waals surface area (Å²) in [6, 6.07) is 29.2. The second-order valence-corrected chi connectivity index (χ2v) is 11.0. The van der Waals surface area contributed by atoms with Crippen LogP contribution in [0, 0.1) is 6.92 Å². The summed E-state index contributed by atoms with van der Waals surface area (Å²) < 4.78 is 33.5. The van der Waals surface area contributed by atoms with Crippen molar-refractivity contribution in [2.24, 2.45) is 0 Å². The molecule has 0 saturated carbocycles. The van der Waals surface area contributed by atoms with Gasteiger partial charge in [0.1, 0.15) is 12.3 Å². The third-order valence-electron chi connectivity index (χ3n) is 6.24. The molecular formula is C31H31N3O5S. The molecule has 0 radical (unpaired) electrons. The van der Waals surface area contributed by atoms with Crippen LogP contribution in [0.1, 0.15) is 21.5 Å². The van der Waals surface area contributed by atoms with Gasteiger partial charge in [0, 0.05) is 6.54 Å². The summed E-state index contributed by atoms with van der Waals surface area (Å²) in [5.74, 6) is -0.424. The average molecular weight is 558 g/mol. The van der Waals surface area contributed by atoms with Crippen molar-refractivity contribution in [3.8, 4) is 5.75 Å². The molecule has 0 atom stereocenters. The van der Waals surface area contributed by atoms with Gasteiger partial charge in [0.25, 0.3) is 15.9 Å². The molecule has 0 aliphatic rings. The zero-order valence-electron chi connectivity index (χ0n) is 22.3. The highest BCUT2D eigenvalue weighted by molar-refractivity contribution is 7.92. The summed E-state index contributed by atoms with van der Waals surface area (Å²) in [5, 5.41) is 5.61. The molecule has 9 heteroatoms. The van der Waals surface area contributed by atoms with Crippen molar-refractivity contribution < 1.29 is 22.7 Å². The molecule has 0 aromatic heterocycles. The Labute approximate surface area is 234 Å². The lowest BCUT2D eigenvalue weighted by molar-refractivity contribution is -0.114. The number of rotatable bonds is 11. The van der Waals surface area contributed by atoms with E-state index in [9.17, 15) is 18.0 Å². The van der Waals surface area contributed by atoms with E-state index in [-0.39, 0.29) is 22.1 Å². The molecule has 4 rings (SSSR count). The zero-order valence-corrected chi connectivity index (χ0v) is 23.1. The van der Waals surface area contributed by atoms with Gasteiger partial charge in [0.15, 0.2) is 0 Å². The predicted octanol–water partition coefficient (Wildman–Crippen LogP) is 4.81. The number of sulfonamides is 1. The van der Waals surface area contributed by atoms with Crippen molar-refractivity contribution in [1.82, 2.24) is 5.32 Å². The summed E-state index contributed by atoms with van der Waals surface area (Å²) in [6.07, 6.45) is 0.663. The Morgan fingerprint density at radius 3 is 2.15 bits per heavy atom. The van der Waals surface area contributed by atoms with Crippen molar-refractivity contribution in [3.05, 3.63) is 120 Å². The Morgan fingerprint density at radius 1 is 0.825 bits per heavy atom. The maximum atomic E-state index is 13.7. The van der Waals surface area contributed by atoms with Gasteiger partial charge in [-0.05, 0) is 67.4 Å². The largest absolute Gasteiger partial charge is 0.497 e. The Kier molecular flexibility index (Phi) is 9.19. The lowest BCUT2D eigenvalue weighted by Crippen LogP contribution is -2.38. The maximum Gasteiger partial charge on any atom is 0.264 e. The van der Waals surface area contributed by atoms with Crippen LogP contribution in [-0.2, 0) is 21.2 Å². The number of nitrogens with zero attached hydrogens (tertiary/aromatic N) is 1. The average Bonchev–Trinajstić information content (AvgIpc) is 2.97. The Morgan fingerprint density at radius 2 is 1.48 bits per heavy atom. The van der Waals surface area contributed by atoms with Crippen molar-refractivity contribution in [3.63, 3.8) is 0 Å². The van der Waals surface area contributed by atoms with Crippen LogP contribution in [0.4, 0.5) is 11.4 Å². The molecule has 0 heterocycles. The number of benzene rings is 4. The molecule has 0 aliphatic carbocycles. The monoisotopic (exact) mass is 557 g/mol. The molecule has 2 N–H and O–H groups in total. The lowest BCUT2D eigenvalue weighted by Gasteiger charge is -2.24. The molecule has 4 aromatic carbocycles. The highest BCUT2D eigenvalue weighted by Crippen LogP contribution is 2.26. The van der Waals surface area contributed by atoms with Crippen LogP contribution >= 0.6 is 0 Å². The Balaban J connectivity index is 1.52. The van der Waals surface area contributed by atoms with E-state index in [0.717, 1.165) is 15.4 Å². The number of methoxy groups -OCH3 is 1. The van der Waals surface area contributed by atoms with E-state index in [4.69, 9.17) is 4.74 Å². The summed E-state index contributed by atoms with van der Waals surface area (Å²) in [6.45, 7) is 1.81. The van der Waals surface area contributed by atoms with Crippen LogP contribution < -0.4 is 19.7 Å². The summed E-state index contributed by atoms with van der Waals surface area (Å²) >= 11 is 0. The number of aryl methyl sites for hydroxylation is 1. The van der Waals surface area contributed by atoms with Crippen LogP contribution in [0.15, 0.2) is 108 Å². The third kappa shape index (κ3) is 7.06. The first-order valence-electron chi connectivity index (χ1n) is 12.7. The van der Waals surface area contributed by atoms with Crippen LogP contribution in [0.2, 0.25) is 0 Å². The van der Waals surface area contributed by atoms with E-state index >= 15 is 0 Å². The van der Waals surface area contributed by atoms with Crippen LogP contribution in [0.25, 0.3) is 0 Å². The third-order valence-corrected chi connectivity index (χ3v) is 8.03. The predicted molar refractivity (Wildman–Crippen MR) is 156 cm³/mol. The number of hydrogen-bond donors (Lipinski definition) is 2. The van der Waals surface area contributed by atoms with E-state index in [0.29, 0.717) is 24.4 Å². The molecule has 0 unspecified atom stereocenters. The highest BCUT2D eigenvalue weighted by atomic mass is 32.2. The number of nitrogens with one attached hydrogen (secondary N) is 2. The first-order chi connectivity index (χ1) is 19.3. The van der Waals surface area contributed by atoms with Gasteiger partial charge in [-0.3, -0.25) is 13.9 Å². The molecular weight excluding hydrogens is 526 g/mol. The number of carbonyl (C=O) groups is 2. The molecule has 4 aromatic rings. The highest BCUT2D eigenvalue weighted by Gasteiger charge is 2.28. The van der Waals surface area contributed by atoms with Crippen molar-refractivity contribution in [2.45, 2.75) is 18.2 Å². The zero-order chi connectivity index (χ0) is 28.5. The maximum absolute atomic E-state index is 13.7. The van der Waals surface area contributed by atoms with Gasteiger partial charge < -0.3 is 15.4 Å². The van der Waals surface area contributed by atoms with Gasteiger partial charge in [0.05, 0.1) is 28.9 Å². The number of amides is 2. The first-order valence-corrected chi connectivity index (χ1v) is 14.2. The van der Waals surface area contributed by atoms with Crippen molar-refractivity contribution in [2.75, 3.05) is 29.8 Å². The van der Waals surface area contributed by atoms with Crippen LogP contribution in [0.3, 0.4) is 0 Å². The van der Waals surface area contributed by atoms with Crippen molar-refractivity contribution in [1.29, 1.82) is 0 Å². The van der Waals surface area contributed by atoms with E-state index in [1.165, 1.54) is 19.2 Å². The van der Waals surface area contributed by atoms with Crippen LogP contribution in [-0.4, -0.2) is 40.4 Å². The van der Waals surface area contributed by atoms with Gasteiger partial charge in [0.2, 0.25) is 5.91 Å². The standard InChI is InChI=1S/C31H31N3O5S/c1-23-12-14-25(15-13-23)34(40(37,38)27-18-16-26(39-2)17-19-27)22-30(35)33-29-11-7-6-10-28(29)31(36)32-21-20-24-8-4-3-5-9-24/h3-19H,20-22H2,1-2H3,(H,32,36)(H,33,35). The van der Waals surface area contributed by atoms with E-state index in [1.807, 2.05) is 37.3 Å². The lowest BCUT2D eigenvalue weighted by atomic mass is 10.1. The molecule has 206 valence electrons. The van der Waals surface area contributed by atoms with Gasteiger partial charge in [-0.1, -0.05) is 60.2 Å². The van der Waals surface area contributed by atoms with Gasteiger partial charge in [-0.15, -0.1) is 0 Å². The van der Waals surface area contributed by atoms with Gasteiger partial charge in [-0.2, -0.15) is 0 Å². The summed E-state index contributed by atoms with van der Waals surface area (Å²) in [5.41, 5.74) is 2.95. The minimum atomic E-state index is -4.11. The molecule has 2 amide bonds. The second-order valence-electron chi connectivity index (χ2n) is 9.11. The number of hydrogen-bond acceptors (Lipinski definition) is 5. The van der Waals surface area contributed by atoms with E-state index < -0.39 is 22.5 Å². The summed E-state index contributed by atoms with van der Waals surface area (Å²) in [7, 11) is -2.61. The number of anilines is 2. The second kappa shape index (κ2) is 12.9. The Bertz CT molecular complexity index is 1560. The molecule has 0 fully saturated rings. The van der Waals surface area contributed by atoms with Gasteiger partial charge in [-0.25, -0.2) is 8.42 Å². The molecule has 40 heavy (non-hydrogen) atoms. The first kappa shape index (κ1) is 28.4. The fraction of sp³-hybridized carbons (Fsp3) is 0.161. The molecule has 0 aliphatic heterocycles. The van der Waals surface area contributed by atoms with E-state index in [1.54, 1.807) is 60.7 Å². The minimum Gasteiger partial charge on any atom is -0.497 e. The molecule has 0 bridgehead atoms. The van der Waals surface area contributed by atoms with Gasteiger partial charge >= 0.3 is 0 Å². The Hall–Kier alpha value is -4.63. The molecule has 0 spiro atoms. The van der Waals surface area contributed by atoms with E-state index in [2.05, 4.69) is 10.6 Å². The number of para-hydroxylation sites is 1.